The molecule has 0 amide bonds. The summed E-state index contributed by atoms with van der Waals surface area (Å²) >= 11 is 0. The van der Waals surface area contributed by atoms with Crippen LogP contribution in [0.4, 0.5) is 0 Å². The van der Waals surface area contributed by atoms with E-state index in [0.29, 0.717) is 5.75 Å². The molecule has 5 aromatic rings. The molecular formula is C36H34O. The summed E-state index contributed by atoms with van der Waals surface area (Å²) in [4.78, 5) is 0. The van der Waals surface area contributed by atoms with Crippen LogP contribution < -0.4 is 0 Å². The van der Waals surface area contributed by atoms with Crippen molar-refractivity contribution in [1.82, 2.24) is 0 Å². The van der Waals surface area contributed by atoms with Crippen LogP contribution >= 0.6 is 0 Å². The van der Waals surface area contributed by atoms with Gasteiger partial charge in [0, 0.05) is 11.8 Å². The quantitative estimate of drug-likeness (QED) is 0.234. The minimum atomic E-state index is 0.0832. The summed E-state index contributed by atoms with van der Waals surface area (Å²) in [6.07, 6.45) is 0. The fourth-order valence-corrected chi connectivity index (χ4v) is 5.81. The highest BCUT2D eigenvalue weighted by atomic mass is 16.3. The molecule has 0 saturated carbocycles. The Kier molecular flexibility index (Phi) is 7.51. The third-order valence-corrected chi connectivity index (χ3v) is 7.71. The maximum atomic E-state index is 10.8. The Morgan fingerprint density at radius 2 is 0.757 bits per heavy atom. The Morgan fingerprint density at radius 1 is 0.405 bits per heavy atom. The van der Waals surface area contributed by atoms with Crippen molar-refractivity contribution in [2.45, 2.75) is 37.5 Å². The minimum Gasteiger partial charge on any atom is -0.508 e. The Labute approximate surface area is 221 Å². The second-order valence-electron chi connectivity index (χ2n) is 9.99. The highest BCUT2D eigenvalue weighted by Gasteiger charge is 2.31. The fraction of sp³-hybridized carbons (Fsp3) is 0.167. The number of phenols is 1. The van der Waals surface area contributed by atoms with Crippen LogP contribution in [0.15, 0.2) is 140 Å². The van der Waals surface area contributed by atoms with Gasteiger partial charge in [0.15, 0.2) is 0 Å². The van der Waals surface area contributed by atoms with E-state index in [9.17, 15) is 5.11 Å². The lowest BCUT2D eigenvalue weighted by atomic mass is 9.71. The normalized spacial score (nSPS) is 14.4. The Balaban J connectivity index is 1.73. The molecule has 1 N–H and O–H groups in total. The van der Waals surface area contributed by atoms with E-state index in [4.69, 9.17) is 0 Å². The molecule has 5 aromatic carbocycles. The van der Waals surface area contributed by atoms with Gasteiger partial charge in [0.05, 0.1) is 0 Å². The zero-order chi connectivity index (χ0) is 25.6. The summed E-state index contributed by atoms with van der Waals surface area (Å²) in [5.74, 6) is 0.982. The molecule has 0 spiro atoms. The highest BCUT2D eigenvalue weighted by Crippen LogP contribution is 2.47. The Bertz CT molecular complexity index is 1400. The molecule has 37 heavy (non-hydrogen) atoms. The SMILES string of the molecule is CC(c1ccccc1)C(c1ccccc1)c1ccc(O)cc1C(c1ccccc1)C(C)c1ccccc1. The van der Waals surface area contributed by atoms with Crippen LogP contribution in [0.5, 0.6) is 5.75 Å². The van der Waals surface area contributed by atoms with Crippen LogP contribution in [0.25, 0.3) is 0 Å². The average Bonchev–Trinajstić information content (AvgIpc) is 2.96. The van der Waals surface area contributed by atoms with Gasteiger partial charge in [0.1, 0.15) is 5.75 Å². The molecule has 1 heteroatoms. The third-order valence-electron chi connectivity index (χ3n) is 7.71. The molecule has 184 valence electrons. The molecule has 0 saturated heterocycles. The first-order valence-electron chi connectivity index (χ1n) is 13.2. The molecule has 0 bridgehead atoms. The Hall–Kier alpha value is -4.10. The third kappa shape index (κ3) is 5.37. The maximum Gasteiger partial charge on any atom is 0.115 e. The summed E-state index contributed by atoms with van der Waals surface area (Å²) in [5, 5.41) is 10.8. The number of hydrogen-bond acceptors (Lipinski definition) is 1. The van der Waals surface area contributed by atoms with Gasteiger partial charge in [-0.3, -0.25) is 0 Å². The smallest absolute Gasteiger partial charge is 0.115 e. The van der Waals surface area contributed by atoms with E-state index >= 15 is 0 Å². The highest BCUT2D eigenvalue weighted by molar-refractivity contribution is 5.50. The number of phenolic OH excluding ortho intramolecular Hbond substituents is 1. The van der Waals surface area contributed by atoms with Gasteiger partial charge in [-0.1, -0.05) is 141 Å². The molecule has 1 nitrogen and oxygen atoms in total. The first-order chi connectivity index (χ1) is 18.1. The van der Waals surface area contributed by atoms with Gasteiger partial charge in [-0.25, -0.2) is 0 Å². The summed E-state index contributed by atoms with van der Waals surface area (Å²) in [7, 11) is 0. The second kappa shape index (κ2) is 11.3. The van der Waals surface area contributed by atoms with Gasteiger partial charge in [0.25, 0.3) is 0 Å². The zero-order valence-corrected chi connectivity index (χ0v) is 21.5. The summed E-state index contributed by atoms with van der Waals surface area (Å²) in [6, 6.07) is 49.0. The number of hydrogen-bond donors (Lipinski definition) is 1. The van der Waals surface area contributed by atoms with Gasteiger partial charge >= 0.3 is 0 Å². The predicted octanol–water partition coefficient (Wildman–Crippen LogP) is 9.26. The predicted molar refractivity (Wildman–Crippen MR) is 154 cm³/mol. The average molecular weight is 483 g/mol. The van der Waals surface area contributed by atoms with E-state index < -0.39 is 0 Å². The van der Waals surface area contributed by atoms with Crippen LogP contribution in [-0.2, 0) is 0 Å². The molecule has 5 rings (SSSR count). The number of benzene rings is 5. The molecule has 0 aliphatic carbocycles. The lowest BCUT2D eigenvalue weighted by Gasteiger charge is -2.33. The zero-order valence-electron chi connectivity index (χ0n) is 21.5. The van der Waals surface area contributed by atoms with E-state index in [-0.39, 0.29) is 23.7 Å². The van der Waals surface area contributed by atoms with Crippen LogP contribution in [0.1, 0.15) is 70.9 Å². The number of rotatable bonds is 8. The standard InChI is InChI=1S/C36H34O/c1-26(28-15-7-3-8-16-28)35(30-19-11-5-12-20-30)33-24-23-32(37)25-34(33)36(31-21-13-6-14-22-31)27(2)29-17-9-4-10-18-29/h3-27,35-37H,1-2H3. The van der Waals surface area contributed by atoms with Crippen molar-refractivity contribution in [2.24, 2.45) is 0 Å². The minimum absolute atomic E-state index is 0.0832. The second-order valence-corrected chi connectivity index (χ2v) is 9.99. The van der Waals surface area contributed by atoms with Gasteiger partial charge in [-0.15, -0.1) is 0 Å². The van der Waals surface area contributed by atoms with Crippen molar-refractivity contribution >= 4 is 0 Å². The van der Waals surface area contributed by atoms with Gasteiger partial charge in [-0.05, 0) is 57.3 Å². The van der Waals surface area contributed by atoms with Crippen LogP contribution in [0.3, 0.4) is 0 Å². The summed E-state index contributed by atoms with van der Waals surface area (Å²) < 4.78 is 0. The first-order valence-corrected chi connectivity index (χ1v) is 13.2. The summed E-state index contributed by atoms with van der Waals surface area (Å²) in [6.45, 7) is 4.63. The van der Waals surface area contributed by atoms with E-state index in [1.54, 1.807) is 0 Å². The number of aromatic hydroxyl groups is 1. The molecule has 4 atom stereocenters. The molecule has 0 aliphatic heterocycles. The van der Waals surface area contributed by atoms with Crippen molar-refractivity contribution in [3.8, 4) is 5.75 Å². The van der Waals surface area contributed by atoms with E-state index in [2.05, 4.69) is 141 Å². The molecular weight excluding hydrogens is 448 g/mol. The largest absolute Gasteiger partial charge is 0.508 e. The molecule has 0 fully saturated rings. The Morgan fingerprint density at radius 3 is 1.16 bits per heavy atom. The van der Waals surface area contributed by atoms with Crippen LogP contribution in [-0.4, -0.2) is 5.11 Å². The maximum absolute atomic E-state index is 10.8. The molecule has 0 aromatic heterocycles. The van der Waals surface area contributed by atoms with Crippen molar-refractivity contribution in [3.05, 3.63) is 173 Å². The fourth-order valence-electron chi connectivity index (χ4n) is 5.81. The van der Waals surface area contributed by atoms with E-state index in [0.717, 1.165) is 0 Å². The molecule has 0 radical (unpaired) electrons. The van der Waals surface area contributed by atoms with Crippen molar-refractivity contribution in [3.63, 3.8) is 0 Å². The topological polar surface area (TPSA) is 20.2 Å². The monoisotopic (exact) mass is 482 g/mol. The van der Waals surface area contributed by atoms with Crippen molar-refractivity contribution < 1.29 is 5.11 Å². The van der Waals surface area contributed by atoms with E-state index in [1.807, 2.05) is 12.1 Å². The molecule has 4 unspecified atom stereocenters. The summed E-state index contributed by atoms with van der Waals surface area (Å²) in [5.41, 5.74) is 7.58. The first kappa shape index (κ1) is 24.6. The van der Waals surface area contributed by atoms with Crippen molar-refractivity contribution in [2.75, 3.05) is 0 Å². The van der Waals surface area contributed by atoms with Crippen LogP contribution in [0, 0.1) is 0 Å². The van der Waals surface area contributed by atoms with Crippen molar-refractivity contribution in [1.29, 1.82) is 0 Å². The van der Waals surface area contributed by atoms with Crippen LogP contribution in [0.2, 0.25) is 0 Å². The molecule has 0 aliphatic rings. The molecule has 0 heterocycles. The van der Waals surface area contributed by atoms with E-state index in [1.165, 1.54) is 33.4 Å². The van der Waals surface area contributed by atoms with Gasteiger partial charge < -0.3 is 5.11 Å². The lowest BCUT2D eigenvalue weighted by Crippen LogP contribution is -2.17. The van der Waals surface area contributed by atoms with Gasteiger partial charge in [0.2, 0.25) is 0 Å². The lowest BCUT2D eigenvalue weighted by molar-refractivity contribution is 0.472. The van der Waals surface area contributed by atoms with Gasteiger partial charge in [-0.2, -0.15) is 0 Å².